The van der Waals surface area contributed by atoms with E-state index < -0.39 is 0 Å². The molecule has 1 aromatic rings. The van der Waals surface area contributed by atoms with E-state index in [1.165, 1.54) is 24.1 Å². The molecule has 0 amide bonds. The predicted octanol–water partition coefficient (Wildman–Crippen LogP) is 2.95. The second kappa shape index (κ2) is 3.99. The number of nitrogens with zero attached hydrogens (tertiary/aromatic N) is 1. The Bertz CT molecular complexity index is 320. The van der Waals surface area contributed by atoms with Crippen LogP contribution in [0.2, 0.25) is 0 Å². The summed E-state index contributed by atoms with van der Waals surface area (Å²) in [6, 6.07) is 4.41. The first kappa shape index (κ1) is 9.50. The van der Waals surface area contributed by atoms with Crippen LogP contribution in [0.5, 0.6) is 0 Å². The summed E-state index contributed by atoms with van der Waals surface area (Å²) in [5.74, 6) is 1.69. The SMILES string of the molecule is CCC(C)c1ccc2c(n1)NCCC2. The fourth-order valence-electron chi connectivity index (χ4n) is 1.83. The van der Waals surface area contributed by atoms with Gasteiger partial charge in [-0.1, -0.05) is 19.9 Å². The van der Waals surface area contributed by atoms with Gasteiger partial charge in [-0.15, -0.1) is 0 Å². The van der Waals surface area contributed by atoms with E-state index in [1.807, 2.05) is 0 Å². The van der Waals surface area contributed by atoms with Gasteiger partial charge in [0.1, 0.15) is 5.82 Å². The van der Waals surface area contributed by atoms with E-state index in [-0.39, 0.29) is 0 Å². The molecular formula is C12H18N2. The molecule has 2 rings (SSSR count). The minimum atomic E-state index is 0.573. The van der Waals surface area contributed by atoms with Gasteiger partial charge < -0.3 is 5.32 Å². The van der Waals surface area contributed by atoms with Crippen molar-refractivity contribution in [2.75, 3.05) is 11.9 Å². The van der Waals surface area contributed by atoms with Crippen molar-refractivity contribution in [2.45, 2.75) is 39.0 Å². The van der Waals surface area contributed by atoms with Gasteiger partial charge in [0.2, 0.25) is 0 Å². The molecular weight excluding hydrogens is 172 g/mol. The summed E-state index contributed by atoms with van der Waals surface area (Å²) in [4.78, 5) is 4.67. The molecule has 1 aliphatic rings. The monoisotopic (exact) mass is 190 g/mol. The standard InChI is InChI=1S/C12H18N2/c1-3-9(2)11-7-6-10-5-4-8-13-12(10)14-11/h6-7,9H,3-5,8H2,1-2H3,(H,13,14). The predicted molar refractivity (Wildman–Crippen MR) is 59.8 cm³/mol. The fraction of sp³-hybridized carbons (Fsp3) is 0.583. The van der Waals surface area contributed by atoms with Gasteiger partial charge in [-0.05, 0) is 36.8 Å². The van der Waals surface area contributed by atoms with Gasteiger partial charge in [0.05, 0.1) is 0 Å². The third kappa shape index (κ3) is 1.74. The molecule has 1 aliphatic heterocycles. The summed E-state index contributed by atoms with van der Waals surface area (Å²) in [5.41, 5.74) is 2.60. The maximum atomic E-state index is 4.67. The minimum absolute atomic E-state index is 0.573. The van der Waals surface area contributed by atoms with Gasteiger partial charge >= 0.3 is 0 Å². The first-order chi connectivity index (χ1) is 6.81. The van der Waals surface area contributed by atoms with Crippen molar-refractivity contribution in [2.24, 2.45) is 0 Å². The van der Waals surface area contributed by atoms with Crippen LogP contribution < -0.4 is 5.32 Å². The number of aromatic nitrogens is 1. The smallest absolute Gasteiger partial charge is 0.129 e. The van der Waals surface area contributed by atoms with E-state index >= 15 is 0 Å². The molecule has 0 aromatic carbocycles. The lowest BCUT2D eigenvalue weighted by molar-refractivity contribution is 0.702. The van der Waals surface area contributed by atoms with Crippen LogP contribution in [0, 0.1) is 0 Å². The molecule has 0 spiro atoms. The van der Waals surface area contributed by atoms with E-state index in [0.29, 0.717) is 5.92 Å². The van der Waals surface area contributed by atoms with Crippen molar-refractivity contribution >= 4 is 5.82 Å². The van der Waals surface area contributed by atoms with E-state index in [9.17, 15) is 0 Å². The van der Waals surface area contributed by atoms with Crippen molar-refractivity contribution in [3.8, 4) is 0 Å². The Morgan fingerprint density at radius 2 is 2.36 bits per heavy atom. The third-order valence-corrected chi connectivity index (χ3v) is 3.03. The van der Waals surface area contributed by atoms with Crippen LogP contribution in [0.1, 0.15) is 43.9 Å². The molecule has 1 aromatic heterocycles. The number of fused-ring (bicyclic) bond motifs is 1. The molecule has 76 valence electrons. The molecule has 0 radical (unpaired) electrons. The largest absolute Gasteiger partial charge is 0.370 e. The average molecular weight is 190 g/mol. The Balaban J connectivity index is 2.29. The Hall–Kier alpha value is -1.05. The zero-order chi connectivity index (χ0) is 9.97. The van der Waals surface area contributed by atoms with Gasteiger partial charge in [0, 0.05) is 12.2 Å². The molecule has 0 saturated carbocycles. The van der Waals surface area contributed by atoms with Crippen LogP contribution in [0.15, 0.2) is 12.1 Å². The number of rotatable bonds is 2. The summed E-state index contributed by atoms with van der Waals surface area (Å²) >= 11 is 0. The fourth-order valence-corrected chi connectivity index (χ4v) is 1.83. The van der Waals surface area contributed by atoms with Gasteiger partial charge in [0.15, 0.2) is 0 Å². The highest BCUT2D eigenvalue weighted by Crippen LogP contribution is 2.24. The second-order valence-electron chi connectivity index (χ2n) is 4.08. The normalized spacial score (nSPS) is 17.0. The third-order valence-electron chi connectivity index (χ3n) is 3.03. The van der Waals surface area contributed by atoms with Gasteiger partial charge in [-0.2, -0.15) is 0 Å². The van der Waals surface area contributed by atoms with Crippen LogP contribution in [0.3, 0.4) is 0 Å². The zero-order valence-corrected chi connectivity index (χ0v) is 9.01. The highest BCUT2D eigenvalue weighted by molar-refractivity contribution is 5.47. The zero-order valence-electron chi connectivity index (χ0n) is 9.01. The van der Waals surface area contributed by atoms with E-state index in [0.717, 1.165) is 18.8 Å². The van der Waals surface area contributed by atoms with Gasteiger partial charge in [0.25, 0.3) is 0 Å². The first-order valence-electron chi connectivity index (χ1n) is 5.55. The van der Waals surface area contributed by atoms with Gasteiger partial charge in [-0.25, -0.2) is 4.98 Å². The number of anilines is 1. The lowest BCUT2D eigenvalue weighted by Gasteiger charge is -2.18. The molecule has 1 unspecified atom stereocenters. The summed E-state index contributed by atoms with van der Waals surface area (Å²) in [6.07, 6.45) is 3.57. The molecule has 14 heavy (non-hydrogen) atoms. The lowest BCUT2D eigenvalue weighted by atomic mass is 10.0. The molecule has 2 nitrogen and oxygen atoms in total. The van der Waals surface area contributed by atoms with Crippen LogP contribution in [0.4, 0.5) is 5.82 Å². The number of nitrogens with one attached hydrogen (secondary N) is 1. The van der Waals surface area contributed by atoms with Crippen molar-refractivity contribution in [1.29, 1.82) is 0 Å². The van der Waals surface area contributed by atoms with E-state index in [4.69, 9.17) is 0 Å². The molecule has 0 saturated heterocycles. The quantitative estimate of drug-likeness (QED) is 0.775. The van der Waals surface area contributed by atoms with E-state index in [1.54, 1.807) is 0 Å². The number of hydrogen-bond donors (Lipinski definition) is 1. The Kier molecular flexibility index (Phi) is 2.71. The highest BCUT2D eigenvalue weighted by Gasteiger charge is 2.12. The van der Waals surface area contributed by atoms with Gasteiger partial charge in [-0.3, -0.25) is 0 Å². The molecule has 2 heteroatoms. The first-order valence-corrected chi connectivity index (χ1v) is 5.55. The molecule has 2 heterocycles. The van der Waals surface area contributed by atoms with Crippen molar-refractivity contribution in [1.82, 2.24) is 4.98 Å². The average Bonchev–Trinajstić information content (AvgIpc) is 2.27. The molecule has 0 aliphatic carbocycles. The topological polar surface area (TPSA) is 24.9 Å². The van der Waals surface area contributed by atoms with Crippen molar-refractivity contribution in [3.05, 3.63) is 23.4 Å². The summed E-state index contributed by atoms with van der Waals surface area (Å²) in [6.45, 7) is 5.51. The van der Waals surface area contributed by atoms with Crippen LogP contribution >= 0.6 is 0 Å². The summed E-state index contributed by atoms with van der Waals surface area (Å²) in [7, 11) is 0. The van der Waals surface area contributed by atoms with Crippen LogP contribution in [-0.2, 0) is 6.42 Å². The molecule has 0 fully saturated rings. The maximum absolute atomic E-state index is 4.67. The summed E-state index contributed by atoms with van der Waals surface area (Å²) in [5, 5.41) is 3.37. The van der Waals surface area contributed by atoms with Crippen LogP contribution in [-0.4, -0.2) is 11.5 Å². The second-order valence-corrected chi connectivity index (χ2v) is 4.08. The van der Waals surface area contributed by atoms with Crippen molar-refractivity contribution in [3.63, 3.8) is 0 Å². The Labute approximate surface area is 85.7 Å². The lowest BCUT2D eigenvalue weighted by Crippen LogP contribution is -2.14. The number of aryl methyl sites for hydroxylation is 1. The highest BCUT2D eigenvalue weighted by atomic mass is 15.0. The van der Waals surface area contributed by atoms with Crippen molar-refractivity contribution < 1.29 is 0 Å². The molecule has 1 atom stereocenters. The number of pyridine rings is 1. The summed E-state index contributed by atoms with van der Waals surface area (Å²) < 4.78 is 0. The van der Waals surface area contributed by atoms with E-state index in [2.05, 4.69) is 36.3 Å². The number of hydrogen-bond acceptors (Lipinski definition) is 2. The Morgan fingerprint density at radius 3 is 3.14 bits per heavy atom. The van der Waals surface area contributed by atoms with Crippen LogP contribution in [0.25, 0.3) is 0 Å². The Morgan fingerprint density at radius 1 is 1.50 bits per heavy atom. The maximum Gasteiger partial charge on any atom is 0.129 e. The minimum Gasteiger partial charge on any atom is -0.370 e. The molecule has 1 N–H and O–H groups in total. The molecule has 0 bridgehead atoms.